The van der Waals surface area contributed by atoms with Gasteiger partial charge < -0.3 is 5.11 Å². The van der Waals surface area contributed by atoms with E-state index in [2.05, 4.69) is 28.1 Å². The molecule has 0 aromatic carbocycles. The average molecular weight is 249 g/mol. The fraction of sp³-hybridized carbons (Fsp3) is 0.556. The van der Waals surface area contributed by atoms with E-state index in [9.17, 15) is 0 Å². The molecule has 0 aliphatic heterocycles. The second-order valence-electron chi connectivity index (χ2n) is 2.95. The molecular weight excluding hydrogens is 236 g/mol. The quantitative estimate of drug-likeness (QED) is 0.868. The van der Waals surface area contributed by atoms with Gasteiger partial charge in [0.2, 0.25) is 0 Å². The molecule has 0 bridgehead atoms. The third-order valence-corrected chi connectivity index (χ3v) is 3.36. The van der Waals surface area contributed by atoms with Crippen LogP contribution in [0.1, 0.15) is 24.6 Å². The van der Waals surface area contributed by atoms with Crippen LogP contribution in [-0.4, -0.2) is 11.2 Å². The van der Waals surface area contributed by atoms with Crippen LogP contribution in [0.25, 0.3) is 0 Å². The van der Waals surface area contributed by atoms with Crippen molar-refractivity contribution in [2.45, 2.75) is 32.3 Å². The zero-order valence-electron chi connectivity index (χ0n) is 7.09. The van der Waals surface area contributed by atoms with Gasteiger partial charge >= 0.3 is 0 Å². The van der Waals surface area contributed by atoms with E-state index in [4.69, 9.17) is 5.11 Å². The Morgan fingerprint density at radius 2 is 2.33 bits per heavy atom. The molecule has 68 valence electrons. The lowest BCUT2D eigenvalue weighted by Crippen LogP contribution is -1.99. The molecule has 1 unspecified atom stereocenters. The van der Waals surface area contributed by atoms with Gasteiger partial charge in [0.15, 0.2) is 0 Å². The number of aliphatic hydroxyl groups is 1. The molecular formula is C9H13BrOS. The highest BCUT2D eigenvalue weighted by Crippen LogP contribution is 2.23. The van der Waals surface area contributed by atoms with Gasteiger partial charge in [0.25, 0.3) is 0 Å². The van der Waals surface area contributed by atoms with Crippen LogP contribution in [-0.2, 0) is 6.42 Å². The van der Waals surface area contributed by atoms with E-state index < -0.39 is 0 Å². The number of hydrogen-bond donors (Lipinski definition) is 1. The minimum Gasteiger partial charge on any atom is -0.393 e. The number of halogens is 1. The molecule has 0 radical (unpaired) electrons. The lowest BCUT2D eigenvalue weighted by molar-refractivity contribution is 0.182. The van der Waals surface area contributed by atoms with Crippen LogP contribution < -0.4 is 0 Å². The van der Waals surface area contributed by atoms with Gasteiger partial charge in [0.05, 0.1) is 9.89 Å². The summed E-state index contributed by atoms with van der Waals surface area (Å²) < 4.78 is 1.19. The summed E-state index contributed by atoms with van der Waals surface area (Å²) in [5.74, 6) is 0. The van der Waals surface area contributed by atoms with Crippen LogP contribution in [0.15, 0.2) is 15.9 Å². The smallest absolute Gasteiger partial charge is 0.0701 e. The molecule has 1 rings (SSSR count). The highest BCUT2D eigenvalue weighted by molar-refractivity contribution is 9.11. The van der Waals surface area contributed by atoms with Gasteiger partial charge in [-0.15, -0.1) is 11.3 Å². The molecule has 3 heteroatoms. The molecule has 1 atom stereocenters. The number of aliphatic hydroxyl groups excluding tert-OH is 1. The van der Waals surface area contributed by atoms with Gasteiger partial charge in [-0.2, -0.15) is 0 Å². The van der Waals surface area contributed by atoms with E-state index in [1.165, 1.54) is 8.66 Å². The van der Waals surface area contributed by atoms with Crippen LogP contribution in [0.4, 0.5) is 0 Å². The minimum atomic E-state index is -0.159. The van der Waals surface area contributed by atoms with Crippen LogP contribution in [0.3, 0.4) is 0 Å². The predicted molar refractivity (Wildman–Crippen MR) is 56.6 cm³/mol. The summed E-state index contributed by atoms with van der Waals surface area (Å²) >= 11 is 5.20. The van der Waals surface area contributed by atoms with Crippen LogP contribution >= 0.6 is 27.3 Å². The van der Waals surface area contributed by atoms with E-state index in [-0.39, 0.29) is 6.10 Å². The van der Waals surface area contributed by atoms with Crippen LogP contribution in [0.5, 0.6) is 0 Å². The molecule has 1 heterocycles. The Labute approximate surface area is 85.6 Å². The summed E-state index contributed by atoms with van der Waals surface area (Å²) in [7, 11) is 0. The minimum absolute atomic E-state index is 0.159. The maximum absolute atomic E-state index is 9.03. The maximum Gasteiger partial charge on any atom is 0.0701 e. The molecule has 0 spiro atoms. The summed E-state index contributed by atoms with van der Waals surface area (Å²) in [6, 6.07) is 4.21. The molecule has 1 aromatic rings. The average Bonchev–Trinajstić information content (AvgIpc) is 2.35. The van der Waals surface area contributed by atoms with Gasteiger partial charge in [-0.25, -0.2) is 0 Å². The fourth-order valence-corrected chi connectivity index (χ4v) is 2.58. The largest absolute Gasteiger partial charge is 0.393 e. The van der Waals surface area contributed by atoms with Crippen LogP contribution in [0, 0.1) is 0 Å². The van der Waals surface area contributed by atoms with E-state index in [1.807, 2.05) is 6.92 Å². The number of rotatable bonds is 4. The monoisotopic (exact) mass is 248 g/mol. The summed E-state index contributed by atoms with van der Waals surface area (Å²) in [5.41, 5.74) is 0. The summed E-state index contributed by atoms with van der Waals surface area (Å²) in [6.45, 7) is 1.84. The second-order valence-corrected chi connectivity index (χ2v) is 5.49. The first-order chi connectivity index (χ1) is 5.68. The lowest BCUT2D eigenvalue weighted by Gasteiger charge is -2.01. The van der Waals surface area contributed by atoms with Crippen molar-refractivity contribution in [3.8, 4) is 0 Å². The normalized spacial score (nSPS) is 13.2. The van der Waals surface area contributed by atoms with Crippen molar-refractivity contribution >= 4 is 27.3 Å². The van der Waals surface area contributed by atoms with Crippen molar-refractivity contribution < 1.29 is 5.11 Å². The molecule has 0 fully saturated rings. The second kappa shape index (κ2) is 5.00. The van der Waals surface area contributed by atoms with Gasteiger partial charge in [-0.1, -0.05) is 0 Å². The Balaban J connectivity index is 2.24. The van der Waals surface area contributed by atoms with E-state index in [0.717, 1.165) is 19.3 Å². The Morgan fingerprint density at radius 3 is 2.83 bits per heavy atom. The van der Waals surface area contributed by atoms with Crippen molar-refractivity contribution in [3.05, 3.63) is 20.8 Å². The molecule has 0 aliphatic carbocycles. The number of thiophene rings is 1. The fourth-order valence-electron chi connectivity index (χ4n) is 1.06. The van der Waals surface area contributed by atoms with Gasteiger partial charge in [0, 0.05) is 4.88 Å². The molecule has 12 heavy (non-hydrogen) atoms. The molecule has 0 saturated carbocycles. The third kappa shape index (κ3) is 3.70. The number of hydrogen-bond acceptors (Lipinski definition) is 2. The highest BCUT2D eigenvalue weighted by atomic mass is 79.9. The first kappa shape index (κ1) is 10.2. The topological polar surface area (TPSA) is 20.2 Å². The van der Waals surface area contributed by atoms with Crippen molar-refractivity contribution in [2.75, 3.05) is 0 Å². The Bertz CT molecular complexity index is 232. The maximum atomic E-state index is 9.03. The lowest BCUT2D eigenvalue weighted by atomic mass is 10.1. The molecule has 0 amide bonds. The van der Waals surface area contributed by atoms with E-state index in [0.29, 0.717) is 0 Å². The zero-order valence-corrected chi connectivity index (χ0v) is 9.49. The predicted octanol–water partition coefficient (Wildman–Crippen LogP) is 3.21. The SMILES string of the molecule is CC(O)CCCc1ccc(Br)s1. The summed E-state index contributed by atoms with van der Waals surface area (Å²) in [5, 5.41) is 9.03. The molecule has 1 N–H and O–H groups in total. The molecule has 0 aliphatic rings. The molecule has 1 nitrogen and oxygen atoms in total. The Kier molecular flexibility index (Phi) is 4.26. The van der Waals surface area contributed by atoms with Crippen molar-refractivity contribution in [2.24, 2.45) is 0 Å². The summed E-state index contributed by atoms with van der Waals surface area (Å²) in [6.07, 6.45) is 2.90. The first-order valence-corrected chi connectivity index (χ1v) is 5.71. The van der Waals surface area contributed by atoms with E-state index in [1.54, 1.807) is 11.3 Å². The van der Waals surface area contributed by atoms with Gasteiger partial charge in [-0.3, -0.25) is 0 Å². The van der Waals surface area contributed by atoms with Gasteiger partial charge in [0.1, 0.15) is 0 Å². The van der Waals surface area contributed by atoms with Crippen molar-refractivity contribution in [1.29, 1.82) is 0 Å². The first-order valence-electron chi connectivity index (χ1n) is 4.11. The van der Waals surface area contributed by atoms with Crippen LogP contribution in [0.2, 0.25) is 0 Å². The Morgan fingerprint density at radius 1 is 1.58 bits per heavy atom. The van der Waals surface area contributed by atoms with Crippen molar-refractivity contribution in [1.82, 2.24) is 0 Å². The standard InChI is InChI=1S/C9H13BrOS/c1-7(11)3-2-4-8-5-6-9(10)12-8/h5-7,11H,2-4H2,1H3. The highest BCUT2D eigenvalue weighted by Gasteiger charge is 1.99. The Hall–Kier alpha value is 0.140. The third-order valence-electron chi connectivity index (χ3n) is 1.67. The zero-order chi connectivity index (χ0) is 8.97. The molecule has 1 aromatic heterocycles. The van der Waals surface area contributed by atoms with Crippen molar-refractivity contribution in [3.63, 3.8) is 0 Å². The van der Waals surface area contributed by atoms with E-state index >= 15 is 0 Å². The summed E-state index contributed by atoms with van der Waals surface area (Å²) in [4.78, 5) is 1.39. The van der Waals surface area contributed by atoms with Gasteiger partial charge in [-0.05, 0) is 54.2 Å². The molecule has 0 saturated heterocycles. The number of aryl methyl sites for hydroxylation is 1.